The number of benzene rings is 2. The van der Waals surface area contributed by atoms with Gasteiger partial charge in [-0.15, -0.1) is 6.58 Å². The molecule has 0 aliphatic rings. The summed E-state index contributed by atoms with van der Waals surface area (Å²) < 4.78 is 37.7. The van der Waals surface area contributed by atoms with E-state index in [0.29, 0.717) is 0 Å². The maximum absolute atomic E-state index is 13.1. The molecule has 0 spiro atoms. The van der Waals surface area contributed by atoms with Crippen molar-refractivity contribution in [3.8, 4) is 0 Å². The molecular formula is C20H20N2O7S. The Bertz CT molecular complexity index is 1090. The van der Waals surface area contributed by atoms with Crippen LogP contribution in [0.4, 0.5) is 5.69 Å². The second-order valence-corrected chi connectivity index (χ2v) is 7.49. The fourth-order valence-corrected chi connectivity index (χ4v) is 3.80. The molecule has 0 aliphatic heterocycles. The number of ether oxygens (including phenoxy) is 2. The zero-order valence-electron chi connectivity index (χ0n) is 16.3. The van der Waals surface area contributed by atoms with Gasteiger partial charge in [0.1, 0.15) is 4.90 Å². The zero-order valence-corrected chi connectivity index (χ0v) is 17.1. The average Bonchev–Trinajstić information content (AvgIpc) is 2.76. The van der Waals surface area contributed by atoms with Gasteiger partial charge in [0.15, 0.2) is 0 Å². The number of methoxy groups -OCH3 is 2. The number of carbonyl (C=O) groups is 3. The number of esters is 2. The van der Waals surface area contributed by atoms with E-state index in [1.165, 1.54) is 30.3 Å². The number of hydrogen-bond acceptors (Lipinski definition) is 7. The molecule has 2 rings (SSSR count). The fourth-order valence-electron chi connectivity index (χ4n) is 2.50. The number of nitrogens with one attached hydrogen (secondary N) is 2. The summed E-state index contributed by atoms with van der Waals surface area (Å²) in [5.41, 5.74) is -0.321. The first kappa shape index (κ1) is 22.6. The molecular weight excluding hydrogens is 412 g/mol. The van der Waals surface area contributed by atoms with Gasteiger partial charge in [-0.2, -0.15) is 0 Å². The quantitative estimate of drug-likeness (QED) is 0.482. The minimum Gasteiger partial charge on any atom is -0.465 e. The molecule has 0 saturated carbocycles. The van der Waals surface area contributed by atoms with Gasteiger partial charge in [-0.1, -0.05) is 18.2 Å². The predicted molar refractivity (Wildman–Crippen MR) is 109 cm³/mol. The Balaban J connectivity index is 2.54. The van der Waals surface area contributed by atoms with E-state index >= 15 is 0 Å². The molecule has 0 fully saturated rings. The monoisotopic (exact) mass is 432 g/mol. The molecule has 9 nitrogen and oxygen atoms in total. The second kappa shape index (κ2) is 9.70. The summed E-state index contributed by atoms with van der Waals surface area (Å²) in [5.74, 6) is -2.22. The number of sulfonamides is 1. The van der Waals surface area contributed by atoms with Crippen molar-refractivity contribution < 1.29 is 32.3 Å². The van der Waals surface area contributed by atoms with Crippen molar-refractivity contribution >= 4 is 33.6 Å². The average molecular weight is 432 g/mol. The van der Waals surface area contributed by atoms with Gasteiger partial charge in [-0.05, 0) is 30.3 Å². The van der Waals surface area contributed by atoms with Crippen molar-refractivity contribution in [2.75, 3.05) is 25.5 Å². The maximum atomic E-state index is 13.1. The molecule has 0 radical (unpaired) electrons. The van der Waals surface area contributed by atoms with Crippen molar-refractivity contribution in [2.24, 2.45) is 0 Å². The Labute approximate surface area is 173 Å². The second-order valence-electron chi connectivity index (χ2n) is 5.84. The van der Waals surface area contributed by atoms with Gasteiger partial charge < -0.3 is 14.8 Å². The molecule has 0 bridgehead atoms. The van der Waals surface area contributed by atoms with Gasteiger partial charge in [0, 0.05) is 6.54 Å². The van der Waals surface area contributed by atoms with E-state index in [2.05, 4.69) is 26.1 Å². The van der Waals surface area contributed by atoms with Crippen LogP contribution in [0.5, 0.6) is 0 Å². The number of anilines is 1. The highest BCUT2D eigenvalue weighted by atomic mass is 32.2. The predicted octanol–water partition coefficient (Wildman–Crippen LogP) is 1.98. The van der Waals surface area contributed by atoms with Crippen LogP contribution < -0.4 is 10.0 Å². The zero-order chi connectivity index (χ0) is 22.3. The first-order chi connectivity index (χ1) is 14.2. The van der Waals surface area contributed by atoms with Gasteiger partial charge in [-0.3, -0.25) is 9.52 Å². The summed E-state index contributed by atoms with van der Waals surface area (Å²) in [6, 6.07) is 9.32. The Morgan fingerprint density at radius 2 is 1.67 bits per heavy atom. The van der Waals surface area contributed by atoms with Crippen molar-refractivity contribution in [3.05, 3.63) is 71.8 Å². The Morgan fingerprint density at radius 1 is 1.00 bits per heavy atom. The molecule has 2 N–H and O–H groups in total. The third kappa shape index (κ3) is 5.03. The van der Waals surface area contributed by atoms with E-state index in [4.69, 9.17) is 0 Å². The smallest absolute Gasteiger partial charge is 0.339 e. The van der Waals surface area contributed by atoms with Crippen LogP contribution in [0.15, 0.2) is 60.0 Å². The van der Waals surface area contributed by atoms with Crippen LogP contribution in [0.2, 0.25) is 0 Å². The van der Waals surface area contributed by atoms with Crippen LogP contribution in [-0.4, -0.2) is 47.0 Å². The summed E-state index contributed by atoms with van der Waals surface area (Å²) in [7, 11) is -2.16. The third-order valence-electron chi connectivity index (χ3n) is 3.92. The van der Waals surface area contributed by atoms with Crippen LogP contribution in [0.25, 0.3) is 0 Å². The minimum atomic E-state index is -4.40. The van der Waals surface area contributed by atoms with E-state index in [1.54, 1.807) is 6.07 Å². The molecule has 10 heteroatoms. The SMILES string of the molecule is C=CCNC(=O)c1ccccc1NS(=O)(=O)c1cc(C(=O)OC)ccc1C(=O)OC. The number of carbonyl (C=O) groups excluding carboxylic acids is 3. The highest BCUT2D eigenvalue weighted by Crippen LogP contribution is 2.24. The van der Waals surface area contributed by atoms with Crippen molar-refractivity contribution in [1.29, 1.82) is 0 Å². The fraction of sp³-hybridized carbons (Fsp3) is 0.150. The van der Waals surface area contributed by atoms with E-state index in [9.17, 15) is 22.8 Å². The molecule has 0 aromatic heterocycles. The Kier molecular flexibility index (Phi) is 7.32. The van der Waals surface area contributed by atoms with Gasteiger partial charge in [0.2, 0.25) is 0 Å². The molecule has 0 aliphatic carbocycles. The summed E-state index contributed by atoms with van der Waals surface area (Å²) in [5, 5.41) is 2.56. The van der Waals surface area contributed by atoms with Gasteiger partial charge in [0.25, 0.3) is 15.9 Å². The first-order valence-corrected chi connectivity index (χ1v) is 10.0. The van der Waals surface area contributed by atoms with E-state index < -0.39 is 32.8 Å². The van der Waals surface area contributed by atoms with Crippen LogP contribution in [0, 0.1) is 0 Å². The molecule has 0 atom stereocenters. The normalized spacial score (nSPS) is 10.6. The first-order valence-electron chi connectivity index (χ1n) is 8.56. The summed E-state index contributed by atoms with van der Waals surface area (Å²) in [4.78, 5) is 35.7. The van der Waals surface area contributed by atoms with Crippen LogP contribution in [0.1, 0.15) is 31.1 Å². The maximum Gasteiger partial charge on any atom is 0.339 e. The summed E-state index contributed by atoms with van der Waals surface area (Å²) >= 11 is 0. The van der Waals surface area contributed by atoms with Crippen LogP contribution in [0.3, 0.4) is 0 Å². The Morgan fingerprint density at radius 3 is 2.30 bits per heavy atom. The number of amides is 1. The molecule has 0 saturated heterocycles. The molecule has 158 valence electrons. The van der Waals surface area contributed by atoms with E-state index in [0.717, 1.165) is 26.4 Å². The van der Waals surface area contributed by atoms with Crippen molar-refractivity contribution in [1.82, 2.24) is 5.32 Å². The topological polar surface area (TPSA) is 128 Å². The minimum absolute atomic E-state index is 0.0154. The van der Waals surface area contributed by atoms with E-state index in [1.807, 2.05) is 0 Å². The molecule has 0 unspecified atom stereocenters. The number of hydrogen-bond donors (Lipinski definition) is 2. The van der Waals surface area contributed by atoms with Gasteiger partial charge in [0.05, 0.1) is 36.6 Å². The van der Waals surface area contributed by atoms with Crippen LogP contribution in [-0.2, 0) is 19.5 Å². The Hall–Kier alpha value is -3.66. The molecule has 30 heavy (non-hydrogen) atoms. The lowest BCUT2D eigenvalue weighted by atomic mass is 10.1. The third-order valence-corrected chi connectivity index (χ3v) is 5.33. The largest absolute Gasteiger partial charge is 0.465 e. The number of para-hydroxylation sites is 1. The van der Waals surface area contributed by atoms with Gasteiger partial charge in [-0.25, -0.2) is 18.0 Å². The highest BCUT2D eigenvalue weighted by Gasteiger charge is 2.26. The van der Waals surface area contributed by atoms with E-state index in [-0.39, 0.29) is 28.9 Å². The molecule has 0 heterocycles. The molecule has 2 aromatic rings. The standard InChI is InChI=1S/C20H20N2O7S/c1-4-11-21-18(23)14-7-5-6-8-16(14)22-30(26,27)17-12-13(19(24)28-2)9-10-15(17)20(25)29-3/h4-10,12,22H,1,11H2,2-3H3,(H,21,23). The lowest BCUT2D eigenvalue weighted by molar-refractivity contribution is 0.0583. The molecule has 1 amide bonds. The lowest BCUT2D eigenvalue weighted by Crippen LogP contribution is -2.25. The van der Waals surface area contributed by atoms with Crippen molar-refractivity contribution in [3.63, 3.8) is 0 Å². The lowest BCUT2D eigenvalue weighted by Gasteiger charge is -2.15. The highest BCUT2D eigenvalue weighted by molar-refractivity contribution is 7.92. The molecule has 2 aromatic carbocycles. The number of rotatable bonds is 8. The summed E-state index contributed by atoms with van der Waals surface area (Å²) in [6.45, 7) is 3.69. The van der Waals surface area contributed by atoms with Gasteiger partial charge >= 0.3 is 11.9 Å². The van der Waals surface area contributed by atoms with Crippen molar-refractivity contribution in [2.45, 2.75) is 4.90 Å². The summed E-state index contributed by atoms with van der Waals surface area (Å²) in [6.07, 6.45) is 1.48. The van der Waals surface area contributed by atoms with Crippen LogP contribution >= 0.6 is 0 Å².